The van der Waals surface area contributed by atoms with Gasteiger partial charge in [-0.15, -0.1) is 0 Å². The van der Waals surface area contributed by atoms with E-state index in [-0.39, 0.29) is 11.5 Å². The van der Waals surface area contributed by atoms with Crippen molar-refractivity contribution in [2.75, 3.05) is 0 Å². The second kappa shape index (κ2) is 4.71. The van der Waals surface area contributed by atoms with Gasteiger partial charge in [-0.3, -0.25) is 0 Å². The lowest BCUT2D eigenvalue weighted by Gasteiger charge is -2.11. The highest BCUT2D eigenvalue weighted by Crippen LogP contribution is 2.42. The van der Waals surface area contributed by atoms with Gasteiger partial charge in [-0.1, -0.05) is 38.1 Å². The van der Waals surface area contributed by atoms with E-state index in [1.54, 1.807) is 0 Å². The minimum atomic E-state index is 0.248. The van der Waals surface area contributed by atoms with Crippen molar-refractivity contribution in [1.82, 2.24) is 0 Å². The zero-order valence-corrected chi connectivity index (χ0v) is 11.8. The summed E-state index contributed by atoms with van der Waals surface area (Å²) in [5, 5.41) is 23.9. The average molecular weight is 266 g/mol. The van der Waals surface area contributed by atoms with Crippen LogP contribution in [0.15, 0.2) is 36.4 Å². The largest absolute Gasteiger partial charge is 0.507 e. The SMILES string of the molecule is CCc1ccc2c(O)c3ccc(CC)cc3c(O)c2c1. The molecule has 3 rings (SSSR count). The third-order valence-electron chi connectivity index (χ3n) is 4.00. The number of benzene rings is 3. The Labute approximate surface area is 118 Å². The van der Waals surface area contributed by atoms with Crippen LogP contribution in [0, 0.1) is 0 Å². The summed E-state index contributed by atoms with van der Waals surface area (Å²) in [6.45, 7) is 4.16. The highest BCUT2D eigenvalue weighted by atomic mass is 16.3. The highest BCUT2D eigenvalue weighted by molar-refractivity contribution is 6.10. The van der Waals surface area contributed by atoms with E-state index in [0.29, 0.717) is 10.8 Å². The Morgan fingerprint density at radius 3 is 1.45 bits per heavy atom. The molecule has 0 heterocycles. The second-order valence-electron chi connectivity index (χ2n) is 5.16. The third-order valence-corrected chi connectivity index (χ3v) is 4.00. The van der Waals surface area contributed by atoms with Crippen molar-refractivity contribution in [3.63, 3.8) is 0 Å². The number of fused-ring (bicyclic) bond motifs is 2. The lowest BCUT2D eigenvalue weighted by atomic mass is 9.96. The molecule has 0 aliphatic rings. The molecule has 0 aliphatic heterocycles. The monoisotopic (exact) mass is 266 g/mol. The van der Waals surface area contributed by atoms with E-state index in [9.17, 15) is 10.2 Å². The molecule has 2 N–H and O–H groups in total. The predicted octanol–water partition coefficient (Wildman–Crippen LogP) is 4.53. The molecule has 0 saturated heterocycles. The van der Waals surface area contributed by atoms with Gasteiger partial charge in [0, 0.05) is 21.5 Å². The first-order valence-electron chi connectivity index (χ1n) is 7.04. The molecule has 0 aliphatic carbocycles. The number of phenolic OH excluding ortho intramolecular Hbond substituents is 2. The molecule has 0 saturated carbocycles. The topological polar surface area (TPSA) is 40.5 Å². The summed E-state index contributed by atoms with van der Waals surface area (Å²) < 4.78 is 0. The highest BCUT2D eigenvalue weighted by Gasteiger charge is 2.13. The summed E-state index contributed by atoms with van der Waals surface area (Å²) in [6, 6.07) is 11.7. The van der Waals surface area contributed by atoms with Crippen LogP contribution in [0.2, 0.25) is 0 Å². The van der Waals surface area contributed by atoms with Gasteiger partial charge in [0.25, 0.3) is 0 Å². The van der Waals surface area contributed by atoms with Crippen molar-refractivity contribution in [1.29, 1.82) is 0 Å². The van der Waals surface area contributed by atoms with Crippen LogP contribution in [-0.2, 0) is 12.8 Å². The summed E-state index contributed by atoms with van der Waals surface area (Å²) >= 11 is 0. The molecule has 0 aromatic heterocycles. The first-order chi connectivity index (χ1) is 9.65. The molecule has 0 unspecified atom stereocenters. The first kappa shape index (κ1) is 12.8. The van der Waals surface area contributed by atoms with E-state index in [1.807, 2.05) is 36.4 Å². The molecule has 0 atom stereocenters. The van der Waals surface area contributed by atoms with Crippen molar-refractivity contribution >= 4 is 21.5 Å². The van der Waals surface area contributed by atoms with Gasteiger partial charge in [0.15, 0.2) is 0 Å². The van der Waals surface area contributed by atoms with Crippen LogP contribution in [0.1, 0.15) is 25.0 Å². The summed E-state index contributed by atoms with van der Waals surface area (Å²) in [5.41, 5.74) is 2.30. The van der Waals surface area contributed by atoms with Crippen molar-refractivity contribution in [3.8, 4) is 11.5 Å². The van der Waals surface area contributed by atoms with Crippen LogP contribution in [-0.4, -0.2) is 10.2 Å². The minimum absolute atomic E-state index is 0.248. The zero-order chi connectivity index (χ0) is 14.3. The number of rotatable bonds is 2. The molecular weight excluding hydrogens is 248 g/mol. The fraction of sp³-hybridized carbons (Fsp3) is 0.222. The fourth-order valence-corrected chi connectivity index (χ4v) is 2.72. The summed E-state index contributed by atoms with van der Waals surface area (Å²) in [4.78, 5) is 0. The van der Waals surface area contributed by atoms with Gasteiger partial charge >= 0.3 is 0 Å². The maximum atomic E-state index is 10.6. The molecule has 0 fully saturated rings. The van der Waals surface area contributed by atoms with Crippen LogP contribution >= 0.6 is 0 Å². The predicted molar refractivity (Wildman–Crippen MR) is 83.5 cm³/mol. The van der Waals surface area contributed by atoms with Gasteiger partial charge in [0.1, 0.15) is 11.5 Å². The number of aromatic hydroxyl groups is 2. The van der Waals surface area contributed by atoms with E-state index in [4.69, 9.17) is 0 Å². The molecule has 3 aromatic rings. The van der Waals surface area contributed by atoms with Gasteiger partial charge < -0.3 is 10.2 Å². The first-order valence-corrected chi connectivity index (χ1v) is 7.04. The molecule has 0 radical (unpaired) electrons. The van der Waals surface area contributed by atoms with Gasteiger partial charge in [-0.05, 0) is 36.1 Å². The van der Waals surface area contributed by atoms with Gasteiger partial charge in [-0.2, -0.15) is 0 Å². The van der Waals surface area contributed by atoms with Crippen molar-refractivity contribution < 1.29 is 10.2 Å². The van der Waals surface area contributed by atoms with E-state index in [1.165, 1.54) is 0 Å². The lowest BCUT2D eigenvalue weighted by molar-refractivity contribution is 0.478. The normalized spacial score (nSPS) is 11.3. The van der Waals surface area contributed by atoms with E-state index < -0.39 is 0 Å². The van der Waals surface area contributed by atoms with E-state index in [2.05, 4.69) is 13.8 Å². The fourth-order valence-electron chi connectivity index (χ4n) is 2.72. The second-order valence-corrected chi connectivity index (χ2v) is 5.16. The number of hydrogen-bond donors (Lipinski definition) is 2. The van der Waals surface area contributed by atoms with E-state index >= 15 is 0 Å². The third kappa shape index (κ3) is 1.80. The van der Waals surface area contributed by atoms with Crippen molar-refractivity contribution in [2.24, 2.45) is 0 Å². The van der Waals surface area contributed by atoms with Crippen LogP contribution in [0.5, 0.6) is 11.5 Å². The van der Waals surface area contributed by atoms with Crippen molar-refractivity contribution in [2.45, 2.75) is 26.7 Å². The number of phenols is 2. The molecule has 0 amide bonds. The zero-order valence-electron chi connectivity index (χ0n) is 11.8. The van der Waals surface area contributed by atoms with Crippen LogP contribution in [0.4, 0.5) is 0 Å². The van der Waals surface area contributed by atoms with E-state index in [0.717, 1.165) is 34.7 Å². The molecule has 20 heavy (non-hydrogen) atoms. The van der Waals surface area contributed by atoms with Crippen LogP contribution in [0.3, 0.4) is 0 Å². The van der Waals surface area contributed by atoms with Gasteiger partial charge in [-0.25, -0.2) is 0 Å². The molecular formula is C18H18O2. The molecule has 102 valence electrons. The summed E-state index contributed by atoms with van der Waals surface area (Å²) in [5.74, 6) is 0.511. The molecule has 0 spiro atoms. The molecule has 3 aromatic carbocycles. The quantitative estimate of drug-likeness (QED) is 0.528. The summed E-state index contributed by atoms with van der Waals surface area (Å²) in [7, 11) is 0. The maximum Gasteiger partial charge on any atom is 0.131 e. The van der Waals surface area contributed by atoms with Crippen LogP contribution in [0.25, 0.3) is 21.5 Å². The van der Waals surface area contributed by atoms with Crippen molar-refractivity contribution in [3.05, 3.63) is 47.5 Å². The van der Waals surface area contributed by atoms with Crippen LogP contribution < -0.4 is 0 Å². The Bertz CT molecular complexity index is 738. The molecule has 2 heteroatoms. The molecule has 2 nitrogen and oxygen atoms in total. The smallest absolute Gasteiger partial charge is 0.131 e. The number of hydrogen-bond acceptors (Lipinski definition) is 2. The van der Waals surface area contributed by atoms with Gasteiger partial charge in [0.05, 0.1) is 0 Å². The minimum Gasteiger partial charge on any atom is -0.507 e. The maximum absolute atomic E-state index is 10.6. The Morgan fingerprint density at radius 1 is 0.650 bits per heavy atom. The summed E-state index contributed by atoms with van der Waals surface area (Å²) in [6.07, 6.45) is 1.81. The number of aryl methyl sites for hydroxylation is 2. The Morgan fingerprint density at radius 2 is 1.05 bits per heavy atom. The average Bonchev–Trinajstić information content (AvgIpc) is 2.51. The Balaban J connectivity index is 2.47. The Kier molecular flexibility index (Phi) is 3.01. The molecule has 0 bridgehead atoms. The standard InChI is InChI=1S/C18H18O2/c1-3-11-5-7-13-15(9-11)18(20)16-10-12(4-2)6-8-14(16)17(13)19/h5-10,19-20H,3-4H2,1-2H3. The lowest BCUT2D eigenvalue weighted by Crippen LogP contribution is -1.86. The van der Waals surface area contributed by atoms with Gasteiger partial charge in [0.2, 0.25) is 0 Å². The Hall–Kier alpha value is -2.22.